The summed E-state index contributed by atoms with van der Waals surface area (Å²) in [6.45, 7) is 0. The standard InChI is InChI=1S/C15H15NO3/c17-14-10-4-2-1-3-9(10)5-6-11(14)12-7-8-13(16-12)15(18)19/h1-6,12-13,16-17H,7-8H2,(H,18,19). The van der Waals surface area contributed by atoms with Crippen LogP contribution in [0.25, 0.3) is 10.8 Å². The number of hydrogen-bond acceptors (Lipinski definition) is 3. The largest absolute Gasteiger partial charge is 0.507 e. The lowest BCUT2D eigenvalue weighted by molar-refractivity contribution is -0.139. The van der Waals surface area contributed by atoms with Crippen molar-refractivity contribution in [1.82, 2.24) is 5.32 Å². The fourth-order valence-corrected chi connectivity index (χ4v) is 2.74. The van der Waals surface area contributed by atoms with Crippen molar-refractivity contribution in [2.45, 2.75) is 24.9 Å². The van der Waals surface area contributed by atoms with Crippen LogP contribution in [0.15, 0.2) is 36.4 Å². The molecule has 1 fully saturated rings. The minimum atomic E-state index is -0.831. The molecule has 0 spiro atoms. The van der Waals surface area contributed by atoms with Crippen molar-refractivity contribution < 1.29 is 15.0 Å². The Balaban J connectivity index is 1.98. The topological polar surface area (TPSA) is 69.6 Å². The Morgan fingerprint density at radius 3 is 2.68 bits per heavy atom. The third-order valence-corrected chi connectivity index (χ3v) is 3.75. The minimum Gasteiger partial charge on any atom is -0.507 e. The van der Waals surface area contributed by atoms with Gasteiger partial charge in [0.25, 0.3) is 0 Å². The summed E-state index contributed by atoms with van der Waals surface area (Å²) in [5, 5.41) is 24.2. The third kappa shape index (κ3) is 2.04. The summed E-state index contributed by atoms with van der Waals surface area (Å²) >= 11 is 0. The number of carboxylic acids is 1. The Morgan fingerprint density at radius 1 is 1.16 bits per heavy atom. The van der Waals surface area contributed by atoms with E-state index in [1.807, 2.05) is 36.4 Å². The maximum atomic E-state index is 11.0. The molecule has 2 aromatic rings. The molecular formula is C15H15NO3. The van der Waals surface area contributed by atoms with Gasteiger partial charge in [-0.2, -0.15) is 0 Å². The minimum absolute atomic E-state index is 0.0919. The van der Waals surface area contributed by atoms with Gasteiger partial charge in [0.15, 0.2) is 0 Å². The highest BCUT2D eigenvalue weighted by Crippen LogP contribution is 2.36. The number of carbonyl (C=O) groups is 1. The van der Waals surface area contributed by atoms with Crippen LogP contribution in [0, 0.1) is 0 Å². The molecule has 1 aliphatic heterocycles. The normalized spacial score (nSPS) is 22.7. The van der Waals surface area contributed by atoms with Crippen LogP contribution in [-0.2, 0) is 4.79 Å². The molecule has 4 nitrogen and oxygen atoms in total. The van der Waals surface area contributed by atoms with Crippen LogP contribution in [-0.4, -0.2) is 22.2 Å². The van der Waals surface area contributed by atoms with E-state index in [0.29, 0.717) is 6.42 Å². The van der Waals surface area contributed by atoms with Gasteiger partial charge in [-0.1, -0.05) is 36.4 Å². The Morgan fingerprint density at radius 2 is 1.95 bits per heavy atom. The second-order valence-electron chi connectivity index (χ2n) is 4.91. The molecule has 2 unspecified atom stereocenters. The molecule has 0 radical (unpaired) electrons. The number of phenols is 1. The zero-order chi connectivity index (χ0) is 13.4. The van der Waals surface area contributed by atoms with Gasteiger partial charge in [0.05, 0.1) is 0 Å². The number of nitrogens with one attached hydrogen (secondary N) is 1. The molecule has 98 valence electrons. The third-order valence-electron chi connectivity index (χ3n) is 3.75. The Hall–Kier alpha value is -2.07. The quantitative estimate of drug-likeness (QED) is 0.772. The fraction of sp³-hybridized carbons (Fsp3) is 0.267. The molecule has 1 saturated heterocycles. The van der Waals surface area contributed by atoms with Crippen LogP contribution in [0.3, 0.4) is 0 Å². The van der Waals surface area contributed by atoms with Crippen LogP contribution >= 0.6 is 0 Å². The maximum Gasteiger partial charge on any atom is 0.320 e. The Labute approximate surface area is 110 Å². The van der Waals surface area contributed by atoms with Gasteiger partial charge in [0.1, 0.15) is 11.8 Å². The maximum absolute atomic E-state index is 11.0. The van der Waals surface area contributed by atoms with Gasteiger partial charge in [-0.3, -0.25) is 10.1 Å². The summed E-state index contributed by atoms with van der Waals surface area (Å²) in [5.74, 6) is -0.579. The van der Waals surface area contributed by atoms with Crippen molar-refractivity contribution in [2.75, 3.05) is 0 Å². The van der Waals surface area contributed by atoms with Crippen molar-refractivity contribution in [2.24, 2.45) is 0 Å². The van der Waals surface area contributed by atoms with E-state index in [1.54, 1.807) is 0 Å². The molecule has 19 heavy (non-hydrogen) atoms. The molecule has 0 amide bonds. The monoisotopic (exact) mass is 257 g/mol. The second-order valence-corrected chi connectivity index (χ2v) is 4.91. The number of hydrogen-bond donors (Lipinski definition) is 3. The van der Waals surface area contributed by atoms with Crippen molar-refractivity contribution >= 4 is 16.7 Å². The lowest BCUT2D eigenvalue weighted by atomic mass is 9.99. The number of aromatic hydroxyl groups is 1. The van der Waals surface area contributed by atoms with Gasteiger partial charge >= 0.3 is 5.97 Å². The average Bonchev–Trinajstić information content (AvgIpc) is 2.89. The highest BCUT2D eigenvalue weighted by atomic mass is 16.4. The van der Waals surface area contributed by atoms with E-state index in [0.717, 1.165) is 22.8 Å². The lowest BCUT2D eigenvalue weighted by Gasteiger charge is -2.15. The highest BCUT2D eigenvalue weighted by molar-refractivity contribution is 5.89. The number of benzene rings is 2. The zero-order valence-electron chi connectivity index (χ0n) is 10.3. The van der Waals surface area contributed by atoms with Crippen molar-refractivity contribution in [3.8, 4) is 5.75 Å². The number of phenolic OH excluding ortho intramolecular Hbond substituents is 1. The molecule has 1 aliphatic rings. The van der Waals surface area contributed by atoms with Crippen LogP contribution in [0.5, 0.6) is 5.75 Å². The van der Waals surface area contributed by atoms with Gasteiger partial charge in [-0.05, 0) is 18.2 Å². The average molecular weight is 257 g/mol. The van der Waals surface area contributed by atoms with Crippen LogP contribution in [0.2, 0.25) is 0 Å². The molecule has 2 atom stereocenters. The van der Waals surface area contributed by atoms with Crippen LogP contribution < -0.4 is 5.32 Å². The summed E-state index contributed by atoms with van der Waals surface area (Å²) in [6, 6.07) is 10.9. The zero-order valence-corrected chi connectivity index (χ0v) is 10.3. The van der Waals surface area contributed by atoms with Gasteiger partial charge in [-0.15, -0.1) is 0 Å². The van der Waals surface area contributed by atoms with Crippen molar-refractivity contribution in [1.29, 1.82) is 0 Å². The fourth-order valence-electron chi connectivity index (χ4n) is 2.74. The molecule has 0 bridgehead atoms. The highest BCUT2D eigenvalue weighted by Gasteiger charge is 2.31. The van der Waals surface area contributed by atoms with Crippen LogP contribution in [0.1, 0.15) is 24.4 Å². The van der Waals surface area contributed by atoms with E-state index in [-0.39, 0.29) is 11.8 Å². The van der Waals surface area contributed by atoms with Gasteiger partial charge in [0, 0.05) is 17.0 Å². The summed E-state index contributed by atoms with van der Waals surface area (Å²) < 4.78 is 0. The number of carboxylic acid groups (broad SMARTS) is 1. The van der Waals surface area contributed by atoms with E-state index >= 15 is 0 Å². The summed E-state index contributed by atoms with van der Waals surface area (Å²) in [6.07, 6.45) is 1.31. The first-order valence-electron chi connectivity index (χ1n) is 6.36. The summed E-state index contributed by atoms with van der Waals surface area (Å²) in [5.41, 5.74) is 0.780. The van der Waals surface area contributed by atoms with Crippen molar-refractivity contribution in [3.05, 3.63) is 42.0 Å². The lowest BCUT2D eigenvalue weighted by Crippen LogP contribution is -2.31. The molecular weight excluding hydrogens is 242 g/mol. The first kappa shape index (κ1) is 12.0. The number of rotatable bonds is 2. The van der Waals surface area contributed by atoms with Gasteiger partial charge in [0.2, 0.25) is 0 Å². The van der Waals surface area contributed by atoms with E-state index < -0.39 is 12.0 Å². The number of fused-ring (bicyclic) bond motifs is 1. The van der Waals surface area contributed by atoms with E-state index in [2.05, 4.69) is 5.32 Å². The van der Waals surface area contributed by atoms with Crippen LogP contribution in [0.4, 0.5) is 0 Å². The molecule has 1 heterocycles. The first-order chi connectivity index (χ1) is 9.16. The van der Waals surface area contributed by atoms with E-state index in [1.165, 1.54) is 0 Å². The SMILES string of the molecule is O=C(O)C1CCC(c2ccc3ccccc3c2O)N1. The molecule has 2 aromatic carbocycles. The predicted octanol–water partition coefficient (Wildman–Crippen LogP) is 2.42. The van der Waals surface area contributed by atoms with E-state index in [9.17, 15) is 9.90 Å². The molecule has 4 heteroatoms. The smallest absolute Gasteiger partial charge is 0.320 e. The van der Waals surface area contributed by atoms with E-state index in [4.69, 9.17) is 5.11 Å². The Bertz CT molecular complexity index is 638. The first-order valence-corrected chi connectivity index (χ1v) is 6.36. The second kappa shape index (κ2) is 4.55. The van der Waals surface area contributed by atoms with Gasteiger partial charge in [-0.25, -0.2) is 0 Å². The predicted molar refractivity (Wildman–Crippen MR) is 72.1 cm³/mol. The summed E-state index contributed by atoms with van der Waals surface area (Å²) in [4.78, 5) is 11.0. The number of aliphatic carboxylic acids is 1. The molecule has 0 saturated carbocycles. The van der Waals surface area contributed by atoms with Crippen molar-refractivity contribution in [3.63, 3.8) is 0 Å². The Kier molecular flexibility index (Phi) is 2.87. The summed E-state index contributed by atoms with van der Waals surface area (Å²) in [7, 11) is 0. The molecule has 0 aliphatic carbocycles. The molecule has 3 N–H and O–H groups in total. The van der Waals surface area contributed by atoms with Gasteiger partial charge < -0.3 is 10.2 Å². The molecule has 0 aromatic heterocycles. The molecule has 3 rings (SSSR count).